The Morgan fingerprint density at radius 1 is 1.44 bits per heavy atom. The summed E-state index contributed by atoms with van der Waals surface area (Å²) in [5, 5.41) is 8.48. The fourth-order valence-corrected chi connectivity index (χ4v) is 3.96. The number of sulfonamides is 1. The molecule has 0 bridgehead atoms. The van der Waals surface area contributed by atoms with E-state index in [0.29, 0.717) is 4.96 Å². The summed E-state index contributed by atoms with van der Waals surface area (Å²) in [5.74, 6) is -0.0631. The van der Waals surface area contributed by atoms with Crippen molar-refractivity contribution in [1.82, 2.24) is 24.2 Å². The molecule has 0 saturated carbocycles. The lowest BCUT2D eigenvalue weighted by Gasteiger charge is -2.03. The molecular formula is C6H5N7O2S3. The van der Waals surface area contributed by atoms with Crippen molar-refractivity contribution in [2.45, 2.75) is 5.03 Å². The molecule has 0 spiro atoms. The summed E-state index contributed by atoms with van der Waals surface area (Å²) < 4.78 is 31.4. The topological polar surface area (TPSA) is 128 Å². The molecule has 3 aromatic heterocycles. The molecule has 3 N–H and O–H groups in total. The summed E-state index contributed by atoms with van der Waals surface area (Å²) in [6.45, 7) is 0. The van der Waals surface area contributed by atoms with Gasteiger partial charge >= 0.3 is 0 Å². The molecule has 3 heterocycles. The van der Waals surface area contributed by atoms with Gasteiger partial charge in [-0.3, -0.25) is 9.12 Å². The van der Waals surface area contributed by atoms with Crippen molar-refractivity contribution >= 4 is 48.8 Å². The first kappa shape index (κ1) is 11.3. The molecule has 0 fully saturated rings. The Hall–Kier alpha value is -1.79. The molecule has 18 heavy (non-hydrogen) atoms. The van der Waals surface area contributed by atoms with Gasteiger partial charge in [0.25, 0.3) is 10.0 Å². The van der Waals surface area contributed by atoms with Gasteiger partial charge < -0.3 is 5.73 Å². The summed E-state index contributed by atoms with van der Waals surface area (Å²) >= 11 is 2.12. The molecule has 0 unspecified atom stereocenters. The Morgan fingerprint density at radius 3 is 3.00 bits per heavy atom. The maximum absolute atomic E-state index is 12.2. The second kappa shape index (κ2) is 3.86. The van der Waals surface area contributed by atoms with Crippen molar-refractivity contribution in [3.8, 4) is 0 Å². The lowest BCUT2D eigenvalue weighted by molar-refractivity contribution is 0.597. The van der Waals surface area contributed by atoms with Gasteiger partial charge in [-0.05, 0) is 5.21 Å². The van der Waals surface area contributed by atoms with E-state index < -0.39 is 10.0 Å². The van der Waals surface area contributed by atoms with Crippen molar-refractivity contribution in [2.75, 3.05) is 10.5 Å². The number of nitrogens with one attached hydrogen (secondary N) is 1. The van der Waals surface area contributed by atoms with Gasteiger partial charge in [-0.15, -0.1) is 11.3 Å². The zero-order valence-electron chi connectivity index (χ0n) is 8.51. The third-order valence-corrected chi connectivity index (χ3v) is 4.79. The molecule has 3 rings (SSSR count). The zero-order chi connectivity index (χ0) is 12.8. The second-order valence-electron chi connectivity index (χ2n) is 3.13. The Morgan fingerprint density at radius 2 is 2.28 bits per heavy atom. The number of imidazole rings is 1. The Labute approximate surface area is 108 Å². The Balaban J connectivity index is 2.13. The number of aromatic nitrogens is 5. The number of nitrogen functional groups attached to an aromatic ring is 1. The molecule has 94 valence electrons. The van der Waals surface area contributed by atoms with Gasteiger partial charge in [0, 0.05) is 23.1 Å². The van der Waals surface area contributed by atoms with Crippen LogP contribution in [0.5, 0.6) is 0 Å². The number of rotatable bonds is 3. The van der Waals surface area contributed by atoms with Gasteiger partial charge in [0.1, 0.15) is 0 Å². The fraction of sp³-hybridized carbons (Fsp3) is 0. The van der Waals surface area contributed by atoms with Crippen LogP contribution in [0.2, 0.25) is 0 Å². The standard InChI is InChI=1S/C6H5N7O2S3/c7-3-4(13-1-2-16-6(13)8-3)18(14,15)10-5-9-11-12-17-5/h1-2H,7H2,(H,9,10,12). The first-order valence-electron chi connectivity index (χ1n) is 4.47. The van der Waals surface area contributed by atoms with E-state index in [9.17, 15) is 8.42 Å². The van der Waals surface area contributed by atoms with Gasteiger partial charge in [0.05, 0.1) is 0 Å². The van der Waals surface area contributed by atoms with E-state index in [1.165, 1.54) is 15.7 Å². The van der Waals surface area contributed by atoms with Gasteiger partial charge in [-0.2, -0.15) is 8.42 Å². The molecular weight excluding hydrogens is 298 g/mol. The third-order valence-electron chi connectivity index (χ3n) is 2.02. The molecule has 0 saturated heterocycles. The highest BCUT2D eigenvalue weighted by atomic mass is 32.2. The van der Waals surface area contributed by atoms with E-state index >= 15 is 0 Å². The SMILES string of the molecule is Nc1nc2sccn2c1S(=O)(=O)Nc1nnns1. The first-order valence-corrected chi connectivity index (χ1v) is 7.60. The van der Waals surface area contributed by atoms with E-state index in [1.807, 2.05) is 0 Å². The predicted molar refractivity (Wildman–Crippen MR) is 66.0 cm³/mol. The Bertz CT molecular complexity index is 786. The van der Waals surface area contributed by atoms with Gasteiger partial charge in [0.15, 0.2) is 10.8 Å². The van der Waals surface area contributed by atoms with Crippen LogP contribution in [0.4, 0.5) is 10.9 Å². The number of fused-ring (bicyclic) bond motifs is 1. The maximum Gasteiger partial charge on any atom is 0.283 e. The van der Waals surface area contributed by atoms with Crippen LogP contribution in [0, 0.1) is 0 Å². The first-order chi connectivity index (χ1) is 8.58. The minimum atomic E-state index is -3.87. The number of nitrogens with zero attached hydrogens (tertiary/aromatic N) is 5. The summed E-state index contributed by atoms with van der Waals surface area (Å²) in [4.78, 5) is 4.46. The number of hydrogen-bond donors (Lipinski definition) is 2. The Kier molecular flexibility index (Phi) is 2.42. The lowest BCUT2D eigenvalue weighted by atomic mass is 10.8. The molecule has 3 aromatic rings. The monoisotopic (exact) mass is 303 g/mol. The highest BCUT2D eigenvalue weighted by Gasteiger charge is 2.25. The molecule has 0 atom stereocenters. The molecule has 0 radical (unpaired) electrons. The minimum Gasteiger partial charge on any atom is -0.381 e. The van der Waals surface area contributed by atoms with Gasteiger partial charge in [0.2, 0.25) is 10.2 Å². The molecule has 9 nitrogen and oxygen atoms in total. The second-order valence-corrected chi connectivity index (χ2v) is 6.33. The highest BCUT2D eigenvalue weighted by Crippen LogP contribution is 2.25. The smallest absolute Gasteiger partial charge is 0.283 e. The molecule has 12 heteroatoms. The maximum atomic E-state index is 12.2. The van der Waals surface area contributed by atoms with Crippen molar-refractivity contribution in [3.05, 3.63) is 11.6 Å². The number of anilines is 2. The van der Waals surface area contributed by atoms with Gasteiger partial charge in [-0.1, -0.05) is 9.59 Å². The van der Waals surface area contributed by atoms with Crippen LogP contribution >= 0.6 is 22.9 Å². The summed E-state index contributed by atoms with van der Waals surface area (Å²) in [6, 6.07) is 0. The van der Waals surface area contributed by atoms with E-state index in [-0.39, 0.29) is 16.0 Å². The van der Waals surface area contributed by atoms with Crippen LogP contribution in [-0.2, 0) is 10.0 Å². The average molecular weight is 303 g/mol. The average Bonchev–Trinajstić information content (AvgIpc) is 2.92. The van der Waals surface area contributed by atoms with E-state index in [4.69, 9.17) is 5.73 Å². The largest absolute Gasteiger partial charge is 0.381 e. The van der Waals surface area contributed by atoms with Crippen LogP contribution in [0.15, 0.2) is 16.6 Å². The van der Waals surface area contributed by atoms with Crippen molar-refractivity contribution in [3.63, 3.8) is 0 Å². The molecule has 0 aliphatic carbocycles. The van der Waals surface area contributed by atoms with E-state index in [2.05, 4.69) is 24.5 Å². The normalized spacial score (nSPS) is 12.0. The van der Waals surface area contributed by atoms with Gasteiger partial charge in [-0.25, -0.2) is 4.98 Å². The lowest BCUT2D eigenvalue weighted by Crippen LogP contribution is -2.16. The fourth-order valence-electron chi connectivity index (χ4n) is 1.39. The predicted octanol–water partition coefficient (Wildman–Crippen LogP) is 0.0253. The quantitative estimate of drug-likeness (QED) is 0.698. The highest BCUT2D eigenvalue weighted by molar-refractivity contribution is 7.93. The van der Waals surface area contributed by atoms with Crippen molar-refractivity contribution in [1.29, 1.82) is 0 Å². The van der Waals surface area contributed by atoms with E-state index in [1.54, 1.807) is 11.6 Å². The number of thiazole rings is 1. The van der Waals surface area contributed by atoms with Crippen molar-refractivity contribution in [2.24, 2.45) is 0 Å². The van der Waals surface area contributed by atoms with Crippen LogP contribution in [0.1, 0.15) is 0 Å². The van der Waals surface area contributed by atoms with Crippen LogP contribution in [-0.4, -0.2) is 32.6 Å². The third kappa shape index (κ3) is 1.70. The summed E-state index contributed by atoms with van der Waals surface area (Å²) in [6.07, 6.45) is 1.58. The zero-order valence-corrected chi connectivity index (χ0v) is 11.0. The van der Waals surface area contributed by atoms with Crippen molar-refractivity contribution < 1.29 is 8.42 Å². The summed E-state index contributed by atoms with van der Waals surface area (Å²) in [7, 11) is -3.87. The number of nitrogens with two attached hydrogens (primary N) is 1. The van der Waals surface area contributed by atoms with Crippen LogP contribution in [0.3, 0.4) is 0 Å². The van der Waals surface area contributed by atoms with E-state index in [0.717, 1.165) is 11.5 Å². The molecule has 0 aromatic carbocycles. The number of hydrogen-bond acceptors (Lipinski definition) is 9. The van der Waals surface area contributed by atoms with Crippen LogP contribution < -0.4 is 10.5 Å². The van der Waals surface area contributed by atoms with Crippen LogP contribution in [0.25, 0.3) is 4.96 Å². The molecule has 0 aliphatic rings. The minimum absolute atomic E-state index is 0.0631. The summed E-state index contributed by atoms with van der Waals surface area (Å²) in [5.41, 5.74) is 5.62. The molecule has 0 aliphatic heterocycles. The molecule has 0 amide bonds.